The second kappa shape index (κ2) is 3.87. The molecular formula is C8H16N2O2. The van der Waals surface area contributed by atoms with E-state index >= 15 is 0 Å². The first-order chi connectivity index (χ1) is 5.63. The molecule has 4 heteroatoms. The van der Waals surface area contributed by atoms with E-state index in [2.05, 4.69) is 5.32 Å². The van der Waals surface area contributed by atoms with Crippen molar-refractivity contribution in [2.24, 2.45) is 5.92 Å². The van der Waals surface area contributed by atoms with Crippen molar-refractivity contribution in [1.29, 1.82) is 0 Å². The van der Waals surface area contributed by atoms with Crippen LogP contribution >= 0.6 is 0 Å². The highest BCUT2D eigenvalue weighted by molar-refractivity contribution is 5.75. The highest BCUT2D eigenvalue weighted by atomic mass is 16.3. The molecule has 0 spiro atoms. The minimum Gasteiger partial charge on any atom is -0.379 e. The largest absolute Gasteiger partial charge is 0.379 e. The van der Waals surface area contributed by atoms with Crippen LogP contribution in [0.5, 0.6) is 0 Å². The van der Waals surface area contributed by atoms with Gasteiger partial charge in [-0.2, -0.15) is 0 Å². The lowest BCUT2D eigenvalue weighted by Gasteiger charge is -2.40. The van der Waals surface area contributed by atoms with Gasteiger partial charge >= 0.3 is 0 Å². The Morgan fingerprint density at radius 2 is 2.33 bits per heavy atom. The predicted molar refractivity (Wildman–Crippen MR) is 45.4 cm³/mol. The maximum absolute atomic E-state index is 10.9. The Balaban J connectivity index is 2.13. The highest BCUT2D eigenvalue weighted by Crippen LogP contribution is 2.20. The number of hydrogen-bond acceptors (Lipinski definition) is 3. The molecule has 1 aliphatic rings. The van der Waals surface area contributed by atoms with Crippen molar-refractivity contribution in [2.75, 3.05) is 20.1 Å². The van der Waals surface area contributed by atoms with Crippen molar-refractivity contribution in [3.05, 3.63) is 0 Å². The molecule has 0 saturated carbocycles. The van der Waals surface area contributed by atoms with Gasteiger partial charge in [-0.05, 0) is 12.8 Å². The number of nitrogens with one attached hydrogen (secondary N) is 1. The van der Waals surface area contributed by atoms with Gasteiger partial charge in [0, 0.05) is 26.6 Å². The number of rotatable bonds is 3. The molecule has 12 heavy (non-hydrogen) atoms. The standard InChI is InChI=1S/C8H16N2O2/c1-6(11)10-4-7(5-10)3-8(12)9-2/h6-7,11H,3-5H2,1-2H3,(H,9,12). The van der Waals surface area contributed by atoms with Crippen molar-refractivity contribution >= 4 is 5.91 Å². The van der Waals surface area contributed by atoms with Gasteiger partial charge in [-0.15, -0.1) is 0 Å². The lowest BCUT2D eigenvalue weighted by Crippen LogP contribution is -2.52. The molecule has 2 N–H and O–H groups in total. The summed E-state index contributed by atoms with van der Waals surface area (Å²) in [7, 11) is 1.65. The van der Waals surface area contributed by atoms with E-state index in [4.69, 9.17) is 5.11 Å². The summed E-state index contributed by atoms with van der Waals surface area (Å²) >= 11 is 0. The first-order valence-corrected chi connectivity index (χ1v) is 4.26. The summed E-state index contributed by atoms with van der Waals surface area (Å²) in [6.07, 6.45) is 0.214. The minimum atomic E-state index is -0.370. The SMILES string of the molecule is CNC(=O)CC1CN(C(C)O)C1. The zero-order valence-corrected chi connectivity index (χ0v) is 7.58. The smallest absolute Gasteiger partial charge is 0.220 e. The lowest BCUT2D eigenvalue weighted by atomic mass is 9.96. The molecule has 0 aromatic rings. The number of carbonyl (C=O) groups excluding carboxylic acids is 1. The second-order valence-corrected chi connectivity index (χ2v) is 3.33. The molecule has 4 nitrogen and oxygen atoms in total. The molecule has 0 aliphatic carbocycles. The van der Waals surface area contributed by atoms with Crippen LogP contribution in [0.2, 0.25) is 0 Å². The third-order valence-corrected chi connectivity index (χ3v) is 2.27. The quantitative estimate of drug-likeness (QED) is 0.597. The summed E-state index contributed by atoms with van der Waals surface area (Å²) in [6, 6.07) is 0. The average Bonchev–Trinajstić information content (AvgIpc) is 1.94. The van der Waals surface area contributed by atoms with E-state index in [9.17, 15) is 4.79 Å². The number of nitrogens with zero attached hydrogens (tertiary/aromatic N) is 1. The van der Waals surface area contributed by atoms with Crippen molar-refractivity contribution in [3.63, 3.8) is 0 Å². The molecular weight excluding hydrogens is 156 g/mol. The van der Waals surface area contributed by atoms with E-state index in [1.807, 2.05) is 4.90 Å². The zero-order valence-electron chi connectivity index (χ0n) is 7.58. The Bertz CT molecular complexity index is 164. The van der Waals surface area contributed by atoms with Crippen LogP contribution in [-0.4, -0.2) is 42.3 Å². The fourth-order valence-corrected chi connectivity index (χ4v) is 1.41. The molecule has 1 atom stereocenters. The van der Waals surface area contributed by atoms with Crippen LogP contribution in [0.4, 0.5) is 0 Å². The summed E-state index contributed by atoms with van der Waals surface area (Å²) in [5, 5.41) is 11.7. The number of aliphatic hydroxyl groups excluding tert-OH is 1. The summed E-state index contributed by atoms with van der Waals surface area (Å²) in [4.78, 5) is 12.8. The number of amides is 1. The molecule has 0 bridgehead atoms. The van der Waals surface area contributed by atoms with Crippen molar-refractivity contribution in [1.82, 2.24) is 10.2 Å². The Kier molecular flexibility index (Phi) is 3.05. The minimum absolute atomic E-state index is 0.0882. The van der Waals surface area contributed by atoms with Crippen LogP contribution in [0.3, 0.4) is 0 Å². The van der Waals surface area contributed by atoms with Gasteiger partial charge in [-0.3, -0.25) is 9.69 Å². The van der Waals surface area contributed by atoms with Gasteiger partial charge in [-0.1, -0.05) is 0 Å². The van der Waals surface area contributed by atoms with Gasteiger partial charge < -0.3 is 10.4 Å². The molecule has 0 aromatic heterocycles. The molecule has 1 saturated heterocycles. The molecule has 1 fully saturated rings. The van der Waals surface area contributed by atoms with Crippen molar-refractivity contribution < 1.29 is 9.90 Å². The topological polar surface area (TPSA) is 52.6 Å². The van der Waals surface area contributed by atoms with Crippen LogP contribution < -0.4 is 5.32 Å². The molecule has 0 aromatic carbocycles. The normalized spacial score (nSPS) is 21.6. The van der Waals surface area contributed by atoms with Crippen LogP contribution in [0, 0.1) is 5.92 Å². The van der Waals surface area contributed by atoms with Crippen LogP contribution in [0.15, 0.2) is 0 Å². The van der Waals surface area contributed by atoms with Crippen LogP contribution in [0.1, 0.15) is 13.3 Å². The van der Waals surface area contributed by atoms with Gasteiger partial charge in [0.25, 0.3) is 0 Å². The summed E-state index contributed by atoms with van der Waals surface area (Å²) in [5.74, 6) is 0.518. The lowest BCUT2D eigenvalue weighted by molar-refractivity contribution is -0.125. The van der Waals surface area contributed by atoms with Crippen molar-refractivity contribution in [2.45, 2.75) is 19.6 Å². The summed E-state index contributed by atoms with van der Waals surface area (Å²) < 4.78 is 0. The zero-order chi connectivity index (χ0) is 9.14. The van der Waals surface area contributed by atoms with Crippen molar-refractivity contribution in [3.8, 4) is 0 Å². The first kappa shape index (κ1) is 9.48. The number of aliphatic hydroxyl groups is 1. The Morgan fingerprint density at radius 3 is 2.75 bits per heavy atom. The van der Waals surface area contributed by atoms with E-state index in [1.165, 1.54) is 0 Å². The van der Waals surface area contributed by atoms with Gasteiger partial charge in [0.1, 0.15) is 6.23 Å². The summed E-state index contributed by atoms with van der Waals surface area (Å²) in [5.41, 5.74) is 0. The van der Waals surface area contributed by atoms with E-state index in [1.54, 1.807) is 14.0 Å². The first-order valence-electron chi connectivity index (χ1n) is 4.26. The number of hydrogen-bond donors (Lipinski definition) is 2. The Hall–Kier alpha value is -0.610. The second-order valence-electron chi connectivity index (χ2n) is 3.33. The Morgan fingerprint density at radius 1 is 1.75 bits per heavy atom. The van der Waals surface area contributed by atoms with Gasteiger partial charge in [-0.25, -0.2) is 0 Å². The fourth-order valence-electron chi connectivity index (χ4n) is 1.41. The van der Waals surface area contributed by atoms with E-state index in [-0.39, 0.29) is 12.1 Å². The predicted octanol–water partition coefficient (Wildman–Crippen LogP) is -0.607. The van der Waals surface area contributed by atoms with E-state index < -0.39 is 0 Å². The third-order valence-electron chi connectivity index (χ3n) is 2.27. The van der Waals surface area contributed by atoms with Gasteiger partial charge in [0.15, 0.2) is 0 Å². The maximum atomic E-state index is 10.9. The molecule has 1 amide bonds. The van der Waals surface area contributed by atoms with Crippen LogP contribution in [-0.2, 0) is 4.79 Å². The van der Waals surface area contributed by atoms with Gasteiger partial charge in [0.2, 0.25) is 5.91 Å². The molecule has 1 heterocycles. The number of likely N-dealkylation sites (tertiary alicyclic amines) is 1. The average molecular weight is 172 g/mol. The summed E-state index contributed by atoms with van der Waals surface area (Å²) in [6.45, 7) is 3.42. The van der Waals surface area contributed by atoms with Gasteiger partial charge in [0.05, 0.1) is 0 Å². The maximum Gasteiger partial charge on any atom is 0.220 e. The molecule has 1 aliphatic heterocycles. The Labute approximate surface area is 72.6 Å². The molecule has 1 unspecified atom stereocenters. The number of carbonyl (C=O) groups is 1. The molecule has 0 radical (unpaired) electrons. The van der Waals surface area contributed by atoms with Crippen LogP contribution in [0.25, 0.3) is 0 Å². The third kappa shape index (κ3) is 2.19. The fraction of sp³-hybridized carbons (Fsp3) is 0.875. The van der Waals surface area contributed by atoms with E-state index in [0.717, 1.165) is 13.1 Å². The monoisotopic (exact) mass is 172 g/mol. The molecule has 1 rings (SSSR count). The van der Waals surface area contributed by atoms with E-state index in [0.29, 0.717) is 12.3 Å². The molecule has 70 valence electrons. The highest BCUT2D eigenvalue weighted by Gasteiger charge is 2.30.